The number of benzene rings is 4. The van der Waals surface area contributed by atoms with Crippen LogP contribution in [0.25, 0.3) is 22.0 Å². The predicted molar refractivity (Wildman–Crippen MR) is 157 cm³/mol. The quantitative estimate of drug-likeness (QED) is 0.226. The van der Waals surface area contributed by atoms with E-state index in [9.17, 15) is 0 Å². The van der Waals surface area contributed by atoms with E-state index in [0.29, 0.717) is 0 Å². The second-order valence-electron chi connectivity index (χ2n) is 9.29. The fourth-order valence-electron chi connectivity index (χ4n) is 5.80. The minimum atomic E-state index is -0.586. The Morgan fingerprint density at radius 2 is 1.54 bits per heavy atom. The fraction of sp³-hybridized carbons (Fsp3) is 0.118. The molecular formula is C34H29NOS. The van der Waals surface area contributed by atoms with E-state index in [1.165, 1.54) is 32.5 Å². The fourth-order valence-corrected chi connectivity index (χ4v) is 6.21. The summed E-state index contributed by atoms with van der Waals surface area (Å²) >= 11 is 1.76. The van der Waals surface area contributed by atoms with Gasteiger partial charge in [-0.05, 0) is 53.6 Å². The molecule has 1 atom stereocenters. The first kappa shape index (κ1) is 23.4. The van der Waals surface area contributed by atoms with Crippen molar-refractivity contribution in [1.29, 1.82) is 0 Å². The van der Waals surface area contributed by atoms with E-state index in [0.717, 1.165) is 28.9 Å². The summed E-state index contributed by atoms with van der Waals surface area (Å²) in [6, 6.07) is 36.9. The van der Waals surface area contributed by atoms with Crippen LogP contribution in [0.1, 0.15) is 23.2 Å². The number of fused-ring (bicyclic) bond motifs is 1. The molecule has 0 fully saturated rings. The molecule has 4 aromatic carbocycles. The Morgan fingerprint density at radius 3 is 2.27 bits per heavy atom. The Hall–Kier alpha value is -3.95. The number of thioether (sulfide) groups is 1. The van der Waals surface area contributed by atoms with Crippen molar-refractivity contribution in [1.82, 2.24) is 4.98 Å². The lowest BCUT2D eigenvalue weighted by atomic mass is 9.64. The van der Waals surface area contributed by atoms with Crippen molar-refractivity contribution in [2.75, 3.05) is 13.4 Å². The summed E-state index contributed by atoms with van der Waals surface area (Å²) in [5.41, 5.74) is 7.79. The molecule has 0 aliphatic heterocycles. The zero-order valence-corrected chi connectivity index (χ0v) is 21.9. The van der Waals surface area contributed by atoms with Gasteiger partial charge in [-0.2, -0.15) is 0 Å². The van der Waals surface area contributed by atoms with Gasteiger partial charge in [-0.15, -0.1) is 11.8 Å². The molecule has 1 N–H and O–H groups in total. The van der Waals surface area contributed by atoms with Crippen molar-refractivity contribution < 1.29 is 4.74 Å². The first-order valence-corrected chi connectivity index (χ1v) is 13.8. The Balaban J connectivity index is 1.80. The average Bonchev–Trinajstić information content (AvgIpc) is 3.64. The number of para-hydroxylation sites is 2. The van der Waals surface area contributed by atoms with Crippen molar-refractivity contribution in [2.24, 2.45) is 0 Å². The maximum atomic E-state index is 6.05. The van der Waals surface area contributed by atoms with Gasteiger partial charge in [0.1, 0.15) is 5.75 Å². The summed E-state index contributed by atoms with van der Waals surface area (Å²) in [7, 11) is 1.77. The number of rotatable bonds is 7. The molecule has 0 saturated heterocycles. The highest BCUT2D eigenvalue weighted by atomic mass is 32.2. The van der Waals surface area contributed by atoms with Crippen LogP contribution in [0.3, 0.4) is 0 Å². The molecular weight excluding hydrogens is 470 g/mol. The third-order valence-electron chi connectivity index (χ3n) is 7.43. The summed E-state index contributed by atoms with van der Waals surface area (Å²) in [5, 5.41) is 1.22. The van der Waals surface area contributed by atoms with E-state index in [4.69, 9.17) is 4.74 Å². The molecule has 1 heterocycles. The summed E-state index contributed by atoms with van der Waals surface area (Å²) in [5.74, 6) is 0.877. The number of methoxy groups -OCH3 is 1. The molecule has 5 aromatic rings. The molecule has 1 aromatic heterocycles. The largest absolute Gasteiger partial charge is 0.496 e. The van der Waals surface area contributed by atoms with Gasteiger partial charge in [0.15, 0.2) is 0 Å². The van der Waals surface area contributed by atoms with Gasteiger partial charge < -0.3 is 9.72 Å². The minimum Gasteiger partial charge on any atom is -0.496 e. The number of hydrogen-bond donors (Lipinski definition) is 1. The smallest absolute Gasteiger partial charge is 0.123 e. The number of H-pyrrole nitrogens is 1. The van der Waals surface area contributed by atoms with E-state index in [1.54, 1.807) is 18.9 Å². The molecule has 6 rings (SSSR count). The molecule has 0 bridgehead atoms. The molecule has 0 radical (unpaired) electrons. The Morgan fingerprint density at radius 1 is 0.811 bits per heavy atom. The highest BCUT2D eigenvalue weighted by Crippen LogP contribution is 2.54. The monoisotopic (exact) mass is 499 g/mol. The number of hydrogen-bond acceptors (Lipinski definition) is 2. The summed E-state index contributed by atoms with van der Waals surface area (Å²) in [6.45, 7) is 0. The molecule has 0 saturated carbocycles. The van der Waals surface area contributed by atoms with Crippen molar-refractivity contribution in [3.05, 3.63) is 144 Å². The lowest BCUT2D eigenvalue weighted by molar-refractivity contribution is 0.404. The summed E-state index contributed by atoms with van der Waals surface area (Å²) in [6.07, 6.45) is 9.71. The van der Waals surface area contributed by atoms with Gasteiger partial charge in [0.2, 0.25) is 0 Å². The third kappa shape index (κ3) is 3.82. The van der Waals surface area contributed by atoms with Crippen molar-refractivity contribution in [3.63, 3.8) is 0 Å². The van der Waals surface area contributed by atoms with Crippen LogP contribution in [-0.4, -0.2) is 18.3 Å². The van der Waals surface area contributed by atoms with Crippen molar-refractivity contribution in [3.8, 4) is 16.9 Å². The van der Waals surface area contributed by atoms with E-state index in [2.05, 4.69) is 133 Å². The maximum absolute atomic E-state index is 6.05. The molecule has 0 amide bonds. The van der Waals surface area contributed by atoms with Gasteiger partial charge in [0, 0.05) is 32.6 Å². The highest BCUT2D eigenvalue weighted by molar-refractivity contribution is 7.98. The Kier molecular flexibility index (Phi) is 6.23. The summed E-state index contributed by atoms with van der Waals surface area (Å²) < 4.78 is 6.05. The number of aromatic nitrogens is 1. The zero-order valence-electron chi connectivity index (χ0n) is 21.1. The van der Waals surface area contributed by atoms with Gasteiger partial charge in [-0.25, -0.2) is 0 Å². The van der Waals surface area contributed by atoms with E-state index < -0.39 is 5.41 Å². The Labute approximate surface area is 222 Å². The lowest BCUT2D eigenvalue weighted by Gasteiger charge is -2.38. The summed E-state index contributed by atoms with van der Waals surface area (Å²) in [4.78, 5) is 5.17. The standard InChI is InChI=1S/C34H29NOS/c1-36-31-19-11-9-17-29(31)34(25-14-6-7-15-25,26-20-22-27(37-2)23-21-26)33-32(24-12-4-3-5-13-24)28-16-8-10-18-30(28)35-33/h3-14,16-23,35H,15H2,1-2H3/t34-/m0/s1. The van der Waals surface area contributed by atoms with Gasteiger partial charge in [0.05, 0.1) is 12.5 Å². The SMILES string of the molecule is COc1ccccc1[C@](C1=CC=CC1)(c1ccc(SC)cc1)c1[nH]c2ccccc2c1-c1ccccc1. The number of nitrogens with one attached hydrogen (secondary N) is 1. The van der Waals surface area contributed by atoms with Crippen LogP contribution in [0.2, 0.25) is 0 Å². The van der Waals surface area contributed by atoms with Crippen LogP contribution >= 0.6 is 11.8 Å². The van der Waals surface area contributed by atoms with Gasteiger partial charge in [0.25, 0.3) is 0 Å². The van der Waals surface area contributed by atoms with Crippen LogP contribution in [0.5, 0.6) is 5.75 Å². The molecule has 3 heteroatoms. The van der Waals surface area contributed by atoms with Crippen LogP contribution < -0.4 is 4.74 Å². The third-order valence-corrected chi connectivity index (χ3v) is 8.17. The van der Waals surface area contributed by atoms with E-state index >= 15 is 0 Å². The van der Waals surface area contributed by atoms with Crippen LogP contribution in [0.4, 0.5) is 0 Å². The van der Waals surface area contributed by atoms with Gasteiger partial charge in [-0.3, -0.25) is 0 Å². The minimum absolute atomic E-state index is 0.586. The molecule has 182 valence electrons. The lowest BCUT2D eigenvalue weighted by Crippen LogP contribution is -2.33. The molecule has 1 aliphatic rings. The normalized spacial score (nSPS) is 14.5. The number of allylic oxidation sites excluding steroid dienone is 4. The van der Waals surface area contributed by atoms with Gasteiger partial charge >= 0.3 is 0 Å². The zero-order chi connectivity index (χ0) is 25.2. The average molecular weight is 500 g/mol. The highest BCUT2D eigenvalue weighted by Gasteiger charge is 2.45. The first-order chi connectivity index (χ1) is 18.3. The van der Waals surface area contributed by atoms with E-state index in [1.807, 2.05) is 0 Å². The first-order valence-electron chi connectivity index (χ1n) is 12.6. The van der Waals surface area contributed by atoms with Crippen LogP contribution in [0, 0.1) is 0 Å². The molecule has 2 nitrogen and oxygen atoms in total. The Bertz CT molecular complexity index is 1610. The second-order valence-corrected chi connectivity index (χ2v) is 10.2. The van der Waals surface area contributed by atoms with Crippen LogP contribution in [0.15, 0.2) is 132 Å². The molecule has 37 heavy (non-hydrogen) atoms. The van der Waals surface area contributed by atoms with Crippen molar-refractivity contribution in [2.45, 2.75) is 16.7 Å². The number of aromatic amines is 1. The molecule has 0 spiro atoms. The maximum Gasteiger partial charge on any atom is 0.123 e. The van der Waals surface area contributed by atoms with Gasteiger partial charge in [-0.1, -0.05) is 97.1 Å². The number of ether oxygens (including phenoxy) is 1. The van der Waals surface area contributed by atoms with E-state index in [-0.39, 0.29) is 0 Å². The van der Waals surface area contributed by atoms with Crippen molar-refractivity contribution >= 4 is 22.7 Å². The topological polar surface area (TPSA) is 25.0 Å². The van der Waals surface area contributed by atoms with Crippen LogP contribution in [-0.2, 0) is 5.41 Å². The molecule has 1 aliphatic carbocycles. The predicted octanol–water partition coefficient (Wildman–Crippen LogP) is 8.79. The second kappa shape index (κ2) is 9.84. The molecule has 0 unspecified atom stereocenters.